The molecule has 2 heterocycles. The first kappa shape index (κ1) is 29.4. The summed E-state index contributed by atoms with van der Waals surface area (Å²) in [5.41, 5.74) is 5.27. The van der Waals surface area contributed by atoms with E-state index in [1.807, 2.05) is 36.4 Å². The number of amides is 1. The van der Waals surface area contributed by atoms with Crippen molar-refractivity contribution < 1.29 is 13.7 Å². The minimum atomic E-state index is -0.255. The third-order valence-corrected chi connectivity index (χ3v) is 8.88. The number of halogens is 1. The Morgan fingerprint density at radius 1 is 0.927 bits per heavy atom. The second kappa shape index (κ2) is 12.8. The van der Waals surface area contributed by atoms with Crippen molar-refractivity contribution in [1.82, 2.24) is 20.4 Å². The van der Waals surface area contributed by atoms with Gasteiger partial charge in [-0.3, -0.25) is 14.6 Å². The van der Waals surface area contributed by atoms with E-state index in [1.54, 1.807) is 6.07 Å². The molecule has 0 saturated carbocycles. The number of carbonyl (C=O) groups is 1. The van der Waals surface area contributed by atoms with Crippen LogP contribution >= 0.6 is 0 Å². The lowest BCUT2D eigenvalue weighted by Crippen LogP contribution is -2.59. The Labute approximate surface area is 244 Å². The van der Waals surface area contributed by atoms with Crippen molar-refractivity contribution in [3.63, 3.8) is 0 Å². The Morgan fingerprint density at radius 2 is 1.66 bits per heavy atom. The number of carbonyl (C=O) groups excluding carboxylic acids is 1. The molecule has 3 aromatic carbocycles. The second-order valence-corrected chi connectivity index (χ2v) is 12.6. The summed E-state index contributed by atoms with van der Waals surface area (Å²) in [6.45, 7) is 12.8. The van der Waals surface area contributed by atoms with Crippen LogP contribution in [0.15, 0.2) is 66.7 Å². The fourth-order valence-corrected chi connectivity index (χ4v) is 5.96. The first-order valence-electron chi connectivity index (χ1n) is 14.9. The zero-order valence-electron chi connectivity index (χ0n) is 25.0. The van der Waals surface area contributed by atoms with E-state index in [2.05, 4.69) is 66.6 Å². The minimum absolute atomic E-state index is 0.116. The number of nitrogens with one attached hydrogen (secondary N) is 2. The van der Waals surface area contributed by atoms with Crippen LogP contribution in [0.25, 0.3) is 11.1 Å². The van der Waals surface area contributed by atoms with Gasteiger partial charge in [-0.05, 0) is 66.4 Å². The molecule has 0 aromatic heterocycles. The maximum Gasteiger partial charge on any atom is 0.251 e. The average molecular weight is 559 g/mol. The van der Waals surface area contributed by atoms with Gasteiger partial charge in [-0.15, -0.1) is 0 Å². The summed E-state index contributed by atoms with van der Waals surface area (Å²) in [5, 5.41) is 6.52. The molecule has 0 radical (unpaired) electrons. The van der Waals surface area contributed by atoms with Crippen LogP contribution in [0.1, 0.15) is 40.9 Å². The quantitative estimate of drug-likeness (QED) is 0.400. The Bertz CT molecular complexity index is 1360. The fourth-order valence-electron chi connectivity index (χ4n) is 5.96. The number of piperazine rings is 2. The standard InChI is InChI=1S/C34H44FN5O/c1-25-21-38(14-13-36-25)23-28-7-5-9-30(17-28)32-19-27(11-12-33(32)35)20-37-34(41)31-10-6-8-29(18-31)24-39-15-16-40(3,4)26(2)22-39/h5-12,17-19,25-26,36H,13-16,20-24H2,1-4H3/p+1/t25-,26?/m0/s1. The van der Waals surface area contributed by atoms with Crippen LogP contribution in [0.5, 0.6) is 0 Å². The summed E-state index contributed by atoms with van der Waals surface area (Å²) in [7, 11) is 4.59. The smallest absolute Gasteiger partial charge is 0.251 e. The molecule has 0 aliphatic carbocycles. The van der Waals surface area contributed by atoms with E-state index in [0.717, 1.165) is 73.5 Å². The molecule has 0 spiro atoms. The molecule has 7 heteroatoms. The first-order chi connectivity index (χ1) is 19.7. The lowest BCUT2D eigenvalue weighted by molar-refractivity contribution is -0.917. The molecule has 2 fully saturated rings. The van der Waals surface area contributed by atoms with Gasteiger partial charge in [-0.25, -0.2) is 4.39 Å². The highest BCUT2D eigenvalue weighted by molar-refractivity contribution is 5.94. The van der Waals surface area contributed by atoms with Gasteiger partial charge < -0.3 is 15.1 Å². The number of benzene rings is 3. The molecule has 1 amide bonds. The van der Waals surface area contributed by atoms with Crippen molar-refractivity contribution in [3.8, 4) is 11.1 Å². The topological polar surface area (TPSA) is 47.6 Å². The molecule has 3 aromatic rings. The van der Waals surface area contributed by atoms with Crippen molar-refractivity contribution in [2.45, 2.75) is 45.6 Å². The van der Waals surface area contributed by atoms with Crippen LogP contribution in [0.3, 0.4) is 0 Å². The Hall–Kier alpha value is -3.10. The monoisotopic (exact) mass is 558 g/mol. The highest BCUT2D eigenvalue weighted by atomic mass is 19.1. The van der Waals surface area contributed by atoms with Crippen LogP contribution in [0.4, 0.5) is 4.39 Å². The molecule has 2 atom stereocenters. The number of rotatable bonds is 8. The minimum Gasteiger partial charge on any atom is -0.348 e. The lowest BCUT2D eigenvalue weighted by atomic mass is 10.00. The maximum absolute atomic E-state index is 15.0. The first-order valence-corrected chi connectivity index (χ1v) is 14.9. The molecule has 2 aliphatic heterocycles. The summed E-state index contributed by atoms with van der Waals surface area (Å²) in [5.74, 6) is -0.371. The summed E-state index contributed by atoms with van der Waals surface area (Å²) in [6, 6.07) is 22.2. The van der Waals surface area contributed by atoms with Crippen LogP contribution in [-0.4, -0.2) is 85.6 Å². The van der Waals surface area contributed by atoms with Gasteiger partial charge in [0.1, 0.15) is 5.82 Å². The molecule has 2 saturated heterocycles. The summed E-state index contributed by atoms with van der Waals surface area (Å²) < 4.78 is 16.0. The fraction of sp³-hybridized carbons (Fsp3) is 0.441. The molecule has 0 bridgehead atoms. The predicted octanol–water partition coefficient (Wildman–Crippen LogP) is 4.50. The SMILES string of the molecule is CC1CN(Cc2cccc(C(=O)NCc3ccc(F)c(-c4cccc(CN5CCN[C@@H](C)C5)c4)c3)c2)CC[N+]1(C)C. The van der Waals surface area contributed by atoms with Gasteiger partial charge in [0.2, 0.25) is 0 Å². The highest BCUT2D eigenvalue weighted by Gasteiger charge is 2.31. The van der Waals surface area contributed by atoms with Crippen molar-refractivity contribution >= 4 is 5.91 Å². The van der Waals surface area contributed by atoms with Crippen molar-refractivity contribution in [2.24, 2.45) is 0 Å². The lowest BCUT2D eigenvalue weighted by Gasteiger charge is -2.44. The van der Waals surface area contributed by atoms with E-state index >= 15 is 0 Å². The molecule has 6 nitrogen and oxygen atoms in total. The summed E-state index contributed by atoms with van der Waals surface area (Å²) >= 11 is 0. The van der Waals surface area contributed by atoms with Crippen LogP contribution in [0.2, 0.25) is 0 Å². The predicted molar refractivity (Wildman–Crippen MR) is 164 cm³/mol. The third kappa shape index (κ3) is 7.60. The average Bonchev–Trinajstić information content (AvgIpc) is 2.95. The van der Waals surface area contributed by atoms with E-state index in [-0.39, 0.29) is 11.7 Å². The number of quaternary nitrogens is 1. The third-order valence-electron chi connectivity index (χ3n) is 8.88. The van der Waals surface area contributed by atoms with E-state index in [4.69, 9.17) is 0 Å². The molecule has 2 aliphatic rings. The van der Waals surface area contributed by atoms with E-state index in [1.165, 1.54) is 11.6 Å². The van der Waals surface area contributed by atoms with E-state index < -0.39 is 0 Å². The molecule has 5 rings (SSSR count). The Balaban J connectivity index is 1.21. The van der Waals surface area contributed by atoms with Crippen LogP contribution in [-0.2, 0) is 19.6 Å². The largest absolute Gasteiger partial charge is 0.348 e. The molecule has 218 valence electrons. The van der Waals surface area contributed by atoms with Crippen molar-refractivity contribution in [2.75, 3.05) is 53.4 Å². The highest BCUT2D eigenvalue weighted by Crippen LogP contribution is 2.26. The number of nitrogens with zero attached hydrogens (tertiary/aromatic N) is 3. The molecule has 2 N–H and O–H groups in total. The van der Waals surface area contributed by atoms with Gasteiger partial charge in [-0.2, -0.15) is 0 Å². The number of hydrogen-bond donors (Lipinski definition) is 2. The molecule has 41 heavy (non-hydrogen) atoms. The number of likely N-dealkylation sites (N-methyl/N-ethyl adjacent to an activating group) is 1. The zero-order valence-corrected chi connectivity index (χ0v) is 25.0. The molecular formula is C34H45FN5O+. The Kier molecular flexibility index (Phi) is 9.19. The van der Waals surface area contributed by atoms with Crippen molar-refractivity contribution in [3.05, 3.63) is 94.8 Å². The van der Waals surface area contributed by atoms with Gasteiger partial charge in [0.15, 0.2) is 0 Å². The van der Waals surface area contributed by atoms with Gasteiger partial charge >= 0.3 is 0 Å². The van der Waals surface area contributed by atoms with Gasteiger partial charge in [0.25, 0.3) is 5.91 Å². The number of hydrogen-bond acceptors (Lipinski definition) is 4. The van der Waals surface area contributed by atoms with Gasteiger partial charge in [0, 0.05) is 63.0 Å². The van der Waals surface area contributed by atoms with E-state index in [0.29, 0.717) is 29.8 Å². The normalized spacial score (nSPS) is 21.5. The maximum atomic E-state index is 15.0. The van der Waals surface area contributed by atoms with Gasteiger partial charge in [0.05, 0.1) is 33.2 Å². The van der Waals surface area contributed by atoms with Crippen LogP contribution in [0, 0.1) is 5.82 Å². The Morgan fingerprint density at radius 3 is 2.41 bits per heavy atom. The second-order valence-electron chi connectivity index (χ2n) is 12.6. The molecular weight excluding hydrogens is 513 g/mol. The molecule has 1 unspecified atom stereocenters. The summed E-state index contributed by atoms with van der Waals surface area (Å²) in [6.07, 6.45) is 0. The zero-order chi connectivity index (χ0) is 29.0. The van der Waals surface area contributed by atoms with Gasteiger partial charge in [-0.1, -0.05) is 36.4 Å². The van der Waals surface area contributed by atoms with E-state index in [9.17, 15) is 9.18 Å². The van der Waals surface area contributed by atoms with Crippen LogP contribution < -0.4 is 10.6 Å². The summed E-state index contributed by atoms with van der Waals surface area (Å²) in [4.78, 5) is 18.0. The van der Waals surface area contributed by atoms with Crippen molar-refractivity contribution in [1.29, 1.82) is 0 Å².